The van der Waals surface area contributed by atoms with Crippen LogP contribution in [0.25, 0.3) is 0 Å². The number of rotatable bonds is 5. The smallest absolute Gasteiger partial charge is 0.123 e. The summed E-state index contributed by atoms with van der Waals surface area (Å²) in [6.07, 6.45) is 6.02. The highest BCUT2D eigenvalue weighted by atomic mass is 35.5. The summed E-state index contributed by atoms with van der Waals surface area (Å²) < 4.78 is 5.86. The van der Waals surface area contributed by atoms with Crippen molar-refractivity contribution in [2.45, 2.75) is 38.2 Å². The van der Waals surface area contributed by atoms with Gasteiger partial charge in [0.05, 0.1) is 6.10 Å². The molecule has 0 N–H and O–H groups in total. The fraction of sp³-hybridized carbons (Fsp3) is 0.462. The van der Waals surface area contributed by atoms with Gasteiger partial charge in [0.15, 0.2) is 0 Å². The van der Waals surface area contributed by atoms with E-state index in [1.165, 1.54) is 6.42 Å². The summed E-state index contributed by atoms with van der Waals surface area (Å²) in [5.41, 5.74) is 1.03. The van der Waals surface area contributed by atoms with E-state index in [1.807, 2.05) is 18.2 Å². The molecular formula is C13H15ClO2. The van der Waals surface area contributed by atoms with Gasteiger partial charge in [0.25, 0.3) is 0 Å². The van der Waals surface area contributed by atoms with Gasteiger partial charge in [-0.2, -0.15) is 0 Å². The normalized spacial score (nSPS) is 15.6. The summed E-state index contributed by atoms with van der Waals surface area (Å²) in [4.78, 5) is 10.4. The van der Waals surface area contributed by atoms with Crippen LogP contribution in [0, 0.1) is 0 Å². The Hall–Kier alpha value is -1.02. The zero-order valence-corrected chi connectivity index (χ0v) is 9.87. The third-order valence-corrected chi connectivity index (χ3v) is 3.13. The SMILES string of the molecule is O=CCCc1cc(Cl)ccc1OC1CCC1. The number of halogens is 1. The van der Waals surface area contributed by atoms with E-state index in [0.29, 0.717) is 24.0 Å². The molecule has 1 aromatic rings. The van der Waals surface area contributed by atoms with E-state index in [9.17, 15) is 4.79 Å². The molecule has 0 aromatic heterocycles. The molecule has 3 heteroatoms. The molecule has 0 amide bonds. The summed E-state index contributed by atoms with van der Waals surface area (Å²) >= 11 is 5.94. The predicted molar refractivity (Wildman–Crippen MR) is 64.1 cm³/mol. The lowest BCUT2D eigenvalue weighted by atomic mass is 9.96. The number of carbonyl (C=O) groups excluding carboxylic acids is 1. The number of carbonyl (C=O) groups is 1. The van der Waals surface area contributed by atoms with Crippen LogP contribution < -0.4 is 4.74 Å². The molecule has 0 saturated heterocycles. The van der Waals surface area contributed by atoms with Gasteiger partial charge in [-0.05, 0) is 49.4 Å². The van der Waals surface area contributed by atoms with Crippen LogP contribution in [-0.4, -0.2) is 12.4 Å². The number of hydrogen-bond donors (Lipinski definition) is 0. The van der Waals surface area contributed by atoms with Gasteiger partial charge in [-0.25, -0.2) is 0 Å². The van der Waals surface area contributed by atoms with Crippen molar-refractivity contribution in [2.24, 2.45) is 0 Å². The highest BCUT2D eigenvalue weighted by Gasteiger charge is 2.20. The van der Waals surface area contributed by atoms with Crippen molar-refractivity contribution in [3.8, 4) is 5.75 Å². The number of aryl methyl sites for hydroxylation is 1. The topological polar surface area (TPSA) is 26.3 Å². The van der Waals surface area contributed by atoms with E-state index >= 15 is 0 Å². The standard InChI is InChI=1S/C13H15ClO2/c14-11-6-7-13(16-12-4-1-5-12)10(9-11)3-2-8-15/h6-9,12H,1-5H2. The van der Waals surface area contributed by atoms with Crippen LogP contribution in [0.1, 0.15) is 31.2 Å². The molecule has 1 aliphatic carbocycles. The van der Waals surface area contributed by atoms with Crippen molar-refractivity contribution < 1.29 is 9.53 Å². The maximum absolute atomic E-state index is 10.4. The van der Waals surface area contributed by atoms with Crippen LogP contribution in [0.5, 0.6) is 5.75 Å². The Morgan fingerprint density at radius 3 is 2.88 bits per heavy atom. The second-order valence-corrected chi connectivity index (χ2v) is 4.56. The molecule has 16 heavy (non-hydrogen) atoms. The lowest BCUT2D eigenvalue weighted by molar-refractivity contribution is -0.107. The molecule has 86 valence electrons. The summed E-state index contributed by atoms with van der Waals surface area (Å²) in [5, 5.41) is 0.696. The first-order valence-electron chi connectivity index (χ1n) is 5.68. The van der Waals surface area contributed by atoms with Crippen molar-refractivity contribution in [3.63, 3.8) is 0 Å². The van der Waals surface area contributed by atoms with Gasteiger partial charge in [-0.3, -0.25) is 0 Å². The first kappa shape index (κ1) is 11.5. The molecule has 1 aliphatic rings. The molecule has 1 aromatic carbocycles. The van der Waals surface area contributed by atoms with E-state index in [4.69, 9.17) is 16.3 Å². The first-order valence-corrected chi connectivity index (χ1v) is 6.06. The molecule has 0 aliphatic heterocycles. The highest BCUT2D eigenvalue weighted by Crippen LogP contribution is 2.29. The lowest BCUT2D eigenvalue weighted by Crippen LogP contribution is -2.25. The molecule has 2 nitrogen and oxygen atoms in total. The van der Waals surface area contributed by atoms with Crippen molar-refractivity contribution in [3.05, 3.63) is 28.8 Å². The number of benzene rings is 1. The summed E-state index contributed by atoms with van der Waals surface area (Å²) in [6.45, 7) is 0. The molecule has 1 fully saturated rings. The molecule has 0 unspecified atom stereocenters. The fourth-order valence-corrected chi connectivity index (χ4v) is 1.94. The van der Waals surface area contributed by atoms with Crippen molar-refractivity contribution in [2.75, 3.05) is 0 Å². The lowest BCUT2D eigenvalue weighted by Gasteiger charge is -2.27. The third-order valence-electron chi connectivity index (χ3n) is 2.90. The third kappa shape index (κ3) is 2.76. The highest BCUT2D eigenvalue weighted by molar-refractivity contribution is 6.30. The van der Waals surface area contributed by atoms with E-state index < -0.39 is 0 Å². The Bertz CT molecular complexity index is 372. The van der Waals surface area contributed by atoms with E-state index in [0.717, 1.165) is 30.4 Å². The summed E-state index contributed by atoms with van der Waals surface area (Å²) in [5.74, 6) is 0.885. The van der Waals surface area contributed by atoms with Crippen LogP contribution in [0.2, 0.25) is 5.02 Å². The largest absolute Gasteiger partial charge is 0.490 e. The van der Waals surface area contributed by atoms with Crippen LogP contribution in [-0.2, 0) is 11.2 Å². The predicted octanol–water partition coefficient (Wildman–Crippen LogP) is 3.40. The minimum atomic E-state index is 0.358. The van der Waals surface area contributed by atoms with Gasteiger partial charge in [0.1, 0.15) is 12.0 Å². The van der Waals surface area contributed by atoms with E-state index in [-0.39, 0.29) is 0 Å². The molecule has 2 rings (SSSR count). The van der Waals surface area contributed by atoms with E-state index in [2.05, 4.69) is 0 Å². The molecule has 0 heterocycles. The number of ether oxygens (including phenoxy) is 1. The Balaban J connectivity index is 2.10. The maximum atomic E-state index is 10.4. The van der Waals surface area contributed by atoms with Gasteiger partial charge >= 0.3 is 0 Å². The minimum Gasteiger partial charge on any atom is -0.490 e. The quantitative estimate of drug-likeness (QED) is 0.735. The Morgan fingerprint density at radius 1 is 1.44 bits per heavy atom. The van der Waals surface area contributed by atoms with Crippen LogP contribution in [0.4, 0.5) is 0 Å². The summed E-state index contributed by atoms with van der Waals surface area (Å²) in [6, 6.07) is 5.62. The van der Waals surface area contributed by atoms with Crippen LogP contribution in [0.15, 0.2) is 18.2 Å². The molecule has 0 radical (unpaired) electrons. The monoisotopic (exact) mass is 238 g/mol. The van der Waals surface area contributed by atoms with Gasteiger partial charge in [-0.1, -0.05) is 11.6 Å². The zero-order chi connectivity index (χ0) is 11.4. The molecule has 0 bridgehead atoms. The average molecular weight is 239 g/mol. The Labute approximate surface area is 101 Å². The second kappa shape index (κ2) is 5.35. The Morgan fingerprint density at radius 2 is 2.25 bits per heavy atom. The minimum absolute atomic E-state index is 0.358. The average Bonchev–Trinajstić information content (AvgIpc) is 2.22. The second-order valence-electron chi connectivity index (χ2n) is 4.13. The van der Waals surface area contributed by atoms with Crippen molar-refractivity contribution in [1.82, 2.24) is 0 Å². The number of hydrogen-bond acceptors (Lipinski definition) is 2. The first-order chi connectivity index (χ1) is 7.79. The molecule has 0 spiro atoms. The molecular weight excluding hydrogens is 224 g/mol. The van der Waals surface area contributed by atoms with Crippen molar-refractivity contribution in [1.29, 1.82) is 0 Å². The maximum Gasteiger partial charge on any atom is 0.123 e. The van der Waals surface area contributed by atoms with Gasteiger partial charge < -0.3 is 9.53 Å². The molecule has 1 saturated carbocycles. The van der Waals surface area contributed by atoms with E-state index in [1.54, 1.807) is 0 Å². The van der Waals surface area contributed by atoms with Crippen molar-refractivity contribution >= 4 is 17.9 Å². The fourth-order valence-electron chi connectivity index (χ4n) is 1.74. The zero-order valence-electron chi connectivity index (χ0n) is 9.12. The van der Waals surface area contributed by atoms with Gasteiger partial charge in [0.2, 0.25) is 0 Å². The van der Waals surface area contributed by atoms with Gasteiger partial charge in [0, 0.05) is 11.4 Å². The van der Waals surface area contributed by atoms with Gasteiger partial charge in [-0.15, -0.1) is 0 Å². The van der Waals surface area contributed by atoms with Crippen LogP contribution >= 0.6 is 11.6 Å². The Kier molecular flexibility index (Phi) is 3.83. The summed E-state index contributed by atoms with van der Waals surface area (Å²) in [7, 11) is 0. The van der Waals surface area contributed by atoms with Crippen LogP contribution in [0.3, 0.4) is 0 Å². The number of aldehydes is 1. The molecule has 0 atom stereocenters.